The number of hydrogen-bond acceptors (Lipinski definition) is 4. The van der Waals surface area contributed by atoms with Gasteiger partial charge in [-0.15, -0.1) is 0 Å². The number of halogens is 3. The number of hydrogen-bond donors (Lipinski definition) is 2. The van der Waals surface area contributed by atoms with Crippen molar-refractivity contribution in [3.8, 4) is 5.75 Å². The van der Waals surface area contributed by atoms with Crippen LogP contribution >= 0.6 is 34.8 Å². The summed E-state index contributed by atoms with van der Waals surface area (Å²) in [5.41, 5.74) is 0.881. The highest BCUT2D eigenvalue weighted by Gasteiger charge is 2.16. The largest absolute Gasteiger partial charge is 0.507 e. The van der Waals surface area contributed by atoms with Crippen molar-refractivity contribution in [2.45, 2.75) is 6.92 Å². The molecule has 0 heterocycles. The van der Waals surface area contributed by atoms with Crippen LogP contribution in [0.15, 0.2) is 30.3 Å². The summed E-state index contributed by atoms with van der Waals surface area (Å²) in [5.74, 6) is -1.82. The fourth-order valence-corrected chi connectivity index (χ4v) is 2.46. The molecule has 0 radical (unpaired) electrons. The van der Waals surface area contributed by atoms with E-state index in [4.69, 9.17) is 39.5 Å². The van der Waals surface area contributed by atoms with Gasteiger partial charge in [0.15, 0.2) is 6.61 Å². The van der Waals surface area contributed by atoms with Crippen LogP contribution in [-0.2, 0) is 9.53 Å². The molecule has 0 bridgehead atoms. The predicted octanol–water partition coefficient (Wildman–Crippen LogP) is 4.46. The maximum Gasteiger partial charge on any atom is 0.342 e. The lowest BCUT2D eigenvalue weighted by Gasteiger charge is -2.11. The van der Waals surface area contributed by atoms with Crippen LogP contribution in [0, 0.1) is 6.92 Å². The lowest BCUT2D eigenvalue weighted by atomic mass is 10.2. The first-order valence-corrected chi connectivity index (χ1v) is 7.83. The number of phenolic OH excluding ortho intramolecular Hbond substituents is 1. The molecule has 2 aromatic carbocycles. The van der Waals surface area contributed by atoms with Gasteiger partial charge in [-0.3, -0.25) is 4.79 Å². The zero-order chi connectivity index (χ0) is 17.9. The average Bonchev–Trinajstić information content (AvgIpc) is 2.53. The van der Waals surface area contributed by atoms with Crippen molar-refractivity contribution < 1.29 is 19.4 Å². The summed E-state index contributed by atoms with van der Waals surface area (Å²) in [4.78, 5) is 23.8. The molecule has 0 aliphatic heterocycles. The zero-order valence-electron chi connectivity index (χ0n) is 12.4. The lowest BCUT2D eigenvalue weighted by Crippen LogP contribution is -2.21. The Morgan fingerprint density at radius 3 is 2.54 bits per heavy atom. The van der Waals surface area contributed by atoms with E-state index in [0.29, 0.717) is 5.02 Å². The summed E-state index contributed by atoms with van der Waals surface area (Å²) in [6.45, 7) is 1.19. The van der Waals surface area contributed by atoms with Crippen LogP contribution in [0.3, 0.4) is 0 Å². The van der Waals surface area contributed by atoms with Gasteiger partial charge in [0.1, 0.15) is 11.3 Å². The normalized spacial score (nSPS) is 10.3. The van der Waals surface area contributed by atoms with Crippen molar-refractivity contribution >= 4 is 52.4 Å². The van der Waals surface area contributed by atoms with Crippen LogP contribution in [0.4, 0.5) is 5.69 Å². The predicted molar refractivity (Wildman–Crippen MR) is 93.2 cm³/mol. The molecule has 126 valence electrons. The van der Waals surface area contributed by atoms with E-state index in [1.165, 1.54) is 18.2 Å². The van der Waals surface area contributed by atoms with Gasteiger partial charge in [-0.05, 0) is 36.8 Å². The van der Waals surface area contributed by atoms with E-state index in [9.17, 15) is 14.7 Å². The summed E-state index contributed by atoms with van der Waals surface area (Å²) in [6, 6.07) is 7.22. The molecule has 2 N–H and O–H groups in total. The molecule has 0 unspecified atom stereocenters. The van der Waals surface area contributed by atoms with Crippen LogP contribution in [0.25, 0.3) is 0 Å². The molecule has 0 spiro atoms. The number of aryl methyl sites for hydroxylation is 1. The van der Waals surface area contributed by atoms with Crippen LogP contribution in [0.5, 0.6) is 5.75 Å². The second-order valence-corrected chi connectivity index (χ2v) is 6.06. The van der Waals surface area contributed by atoms with Gasteiger partial charge in [0.2, 0.25) is 0 Å². The van der Waals surface area contributed by atoms with E-state index < -0.39 is 18.5 Å². The number of ether oxygens (including phenoxy) is 1. The zero-order valence-corrected chi connectivity index (χ0v) is 14.7. The van der Waals surface area contributed by atoms with E-state index in [1.54, 1.807) is 19.1 Å². The number of benzene rings is 2. The number of anilines is 1. The molecule has 0 fully saturated rings. The minimum absolute atomic E-state index is 0.0983. The Kier molecular flexibility index (Phi) is 5.94. The highest BCUT2D eigenvalue weighted by atomic mass is 35.5. The minimum Gasteiger partial charge on any atom is -0.507 e. The van der Waals surface area contributed by atoms with Gasteiger partial charge in [-0.1, -0.05) is 40.9 Å². The molecule has 0 saturated carbocycles. The standard InChI is InChI=1S/C16H12Cl3NO4/c1-8-2-5-11(18)15(14(8)19)20-13(22)7-24-16(23)10-4-3-9(17)6-12(10)21/h2-6,21H,7H2,1H3,(H,20,22). The van der Waals surface area contributed by atoms with Gasteiger partial charge in [0, 0.05) is 5.02 Å². The molecule has 8 heteroatoms. The van der Waals surface area contributed by atoms with Gasteiger partial charge in [-0.2, -0.15) is 0 Å². The maximum atomic E-state index is 11.9. The van der Waals surface area contributed by atoms with Crippen LogP contribution in [-0.4, -0.2) is 23.6 Å². The average molecular weight is 389 g/mol. The first-order valence-electron chi connectivity index (χ1n) is 6.69. The molecule has 2 rings (SSSR count). The Hall–Kier alpha value is -1.95. The Labute approximate surface area is 153 Å². The van der Waals surface area contributed by atoms with Gasteiger partial charge >= 0.3 is 5.97 Å². The fourth-order valence-electron chi connectivity index (χ4n) is 1.83. The molecule has 0 saturated heterocycles. The molecule has 0 aliphatic carbocycles. The van der Waals surface area contributed by atoms with E-state index in [1.807, 2.05) is 0 Å². The number of rotatable bonds is 4. The molecule has 0 aromatic heterocycles. The summed E-state index contributed by atoms with van der Waals surface area (Å²) in [6.07, 6.45) is 0. The van der Waals surface area contributed by atoms with Crippen molar-refractivity contribution in [3.63, 3.8) is 0 Å². The molecule has 0 aliphatic rings. The SMILES string of the molecule is Cc1ccc(Cl)c(NC(=O)COC(=O)c2ccc(Cl)cc2O)c1Cl. The highest BCUT2D eigenvalue weighted by Crippen LogP contribution is 2.32. The van der Waals surface area contributed by atoms with Crippen molar-refractivity contribution in [1.82, 2.24) is 0 Å². The van der Waals surface area contributed by atoms with E-state index in [-0.39, 0.29) is 27.0 Å². The molecule has 2 aromatic rings. The fraction of sp³-hybridized carbons (Fsp3) is 0.125. The van der Waals surface area contributed by atoms with E-state index in [2.05, 4.69) is 5.32 Å². The number of phenols is 1. The summed E-state index contributed by atoms with van der Waals surface area (Å²) >= 11 is 17.8. The van der Waals surface area contributed by atoms with Gasteiger partial charge < -0.3 is 15.2 Å². The number of amides is 1. The number of esters is 1. The Morgan fingerprint density at radius 1 is 1.17 bits per heavy atom. The van der Waals surface area contributed by atoms with Crippen molar-refractivity contribution in [3.05, 3.63) is 56.5 Å². The van der Waals surface area contributed by atoms with Crippen LogP contribution in [0.2, 0.25) is 15.1 Å². The maximum absolute atomic E-state index is 11.9. The smallest absolute Gasteiger partial charge is 0.342 e. The van der Waals surface area contributed by atoms with Gasteiger partial charge in [0.05, 0.1) is 15.7 Å². The molecule has 5 nitrogen and oxygen atoms in total. The number of aromatic hydroxyl groups is 1. The molecule has 24 heavy (non-hydrogen) atoms. The third kappa shape index (κ3) is 4.32. The quantitative estimate of drug-likeness (QED) is 0.758. The summed E-state index contributed by atoms with van der Waals surface area (Å²) in [7, 11) is 0. The second-order valence-electron chi connectivity index (χ2n) is 4.84. The second kappa shape index (κ2) is 7.75. The molecular weight excluding hydrogens is 377 g/mol. The summed E-state index contributed by atoms with van der Waals surface area (Å²) in [5, 5.41) is 13.0. The number of nitrogens with one attached hydrogen (secondary N) is 1. The minimum atomic E-state index is -0.860. The van der Waals surface area contributed by atoms with Crippen molar-refractivity contribution in [1.29, 1.82) is 0 Å². The Morgan fingerprint density at radius 2 is 1.88 bits per heavy atom. The third-order valence-corrected chi connectivity index (χ3v) is 4.10. The van der Waals surface area contributed by atoms with Gasteiger partial charge in [0.25, 0.3) is 5.91 Å². The topological polar surface area (TPSA) is 75.6 Å². The summed E-state index contributed by atoms with van der Waals surface area (Å²) < 4.78 is 4.85. The number of carbonyl (C=O) groups is 2. The Balaban J connectivity index is 2.01. The van der Waals surface area contributed by atoms with Gasteiger partial charge in [-0.25, -0.2) is 4.79 Å². The monoisotopic (exact) mass is 387 g/mol. The molecule has 0 atom stereocenters. The third-order valence-electron chi connectivity index (χ3n) is 3.06. The van der Waals surface area contributed by atoms with E-state index >= 15 is 0 Å². The van der Waals surface area contributed by atoms with Crippen molar-refractivity contribution in [2.75, 3.05) is 11.9 Å². The highest BCUT2D eigenvalue weighted by molar-refractivity contribution is 6.40. The lowest BCUT2D eigenvalue weighted by molar-refractivity contribution is -0.119. The number of carbonyl (C=O) groups excluding carboxylic acids is 2. The van der Waals surface area contributed by atoms with Crippen molar-refractivity contribution in [2.24, 2.45) is 0 Å². The molecule has 1 amide bonds. The van der Waals surface area contributed by atoms with Crippen LogP contribution in [0.1, 0.15) is 15.9 Å². The first kappa shape index (κ1) is 18.4. The van der Waals surface area contributed by atoms with Crippen LogP contribution < -0.4 is 5.32 Å². The Bertz CT molecular complexity index is 808. The van der Waals surface area contributed by atoms with E-state index in [0.717, 1.165) is 5.56 Å². The first-order chi connectivity index (χ1) is 11.3. The molecular formula is C16H12Cl3NO4.